The molecule has 130 valence electrons. The Labute approximate surface area is 148 Å². The van der Waals surface area contributed by atoms with Crippen molar-refractivity contribution in [1.29, 1.82) is 5.26 Å². The summed E-state index contributed by atoms with van der Waals surface area (Å²) in [7, 11) is 0. The standard InChI is InChI=1S/C20H23N3O2/c1-3-25-20-7-5-4-6-16(20)17-8-9-19(18(13-21)22-17)23-11-10-15(24)12-14(23)2/h4-9,14-15,24H,3,10-12H2,1-2H3/t14-,15-/m0/s1. The molecule has 25 heavy (non-hydrogen) atoms. The first-order valence-electron chi connectivity index (χ1n) is 8.72. The van der Waals surface area contributed by atoms with Gasteiger partial charge in [-0.25, -0.2) is 4.98 Å². The van der Waals surface area contributed by atoms with E-state index < -0.39 is 0 Å². The van der Waals surface area contributed by atoms with Crippen molar-refractivity contribution >= 4 is 5.69 Å². The molecule has 1 aromatic heterocycles. The van der Waals surface area contributed by atoms with Gasteiger partial charge in [0.25, 0.3) is 0 Å². The predicted octanol–water partition coefficient (Wildman–Crippen LogP) is 3.37. The van der Waals surface area contributed by atoms with Crippen LogP contribution in [0.5, 0.6) is 5.75 Å². The monoisotopic (exact) mass is 337 g/mol. The number of para-hydroxylation sites is 1. The lowest BCUT2D eigenvalue weighted by molar-refractivity contribution is 0.131. The Hall–Kier alpha value is -2.58. The van der Waals surface area contributed by atoms with E-state index in [0.29, 0.717) is 25.1 Å². The summed E-state index contributed by atoms with van der Waals surface area (Å²) in [6, 6.07) is 14.0. The Morgan fingerprint density at radius 1 is 1.32 bits per heavy atom. The SMILES string of the molecule is CCOc1ccccc1-c1ccc(N2CC[C@H](O)C[C@@H]2C)c(C#N)n1. The Balaban J connectivity index is 1.97. The van der Waals surface area contributed by atoms with Crippen molar-refractivity contribution in [3.63, 3.8) is 0 Å². The number of aliphatic hydroxyl groups excluding tert-OH is 1. The van der Waals surface area contributed by atoms with Crippen LogP contribution >= 0.6 is 0 Å². The first kappa shape index (κ1) is 17.2. The van der Waals surface area contributed by atoms with Gasteiger partial charge in [0.2, 0.25) is 0 Å². The summed E-state index contributed by atoms with van der Waals surface area (Å²) >= 11 is 0. The molecule has 2 aromatic rings. The lowest BCUT2D eigenvalue weighted by Crippen LogP contribution is -2.43. The summed E-state index contributed by atoms with van der Waals surface area (Å²) in [5.41, 5.74) is 2.86. The van der Waals surface area contributed by atoms with Gasteiger partial charge in [-0.1, -0.05) is 12.1 Å². The molecule has 5 heteroatoms. The van der Waals surface area contributed by atoms with E-state index in [4.69, 9.17) is 4.74 Å². The van der Waals surface area contributed by atoms with Crippen molar-refractivity contribution in [3.05, 3.63) is 42.1 Å². The highest BCUT2D eigenvalue weighted by molar-refractivity contribution is 5.70. The highest BCUT2D eigenvalue weighted by atomic mass is 16.5. The first-order chi connectivity index (χ1) is 12.1. The van der Waals surface area contributed by atoms with E-state index in [1.807, 2.05) is 43.3 Å². The third-order valence-electron chi connectivity index (χ3n) is 4.60. The lowest BCUT2D eigenvalue weighted by Gasteiger charge is -2.37. The van der Waals surface area contributed by atoms with Gasteiger partial charge in [-0.05, 0) is 51.0 Å². The highest BCUT2D eigenvalue weighted by Crippen LogP contribution is 2.32. The van der Waals surface area contributed by atoms with Crippen LogP contribution in [0.3, 0.4) is 0 Å². The summed E-state index contributed by atoms with van der Waals surface area (Å²) in [5, 5.41) is 19.4. The molecular formula is C20H23N3O2. The van der Waals surface area contributed by atoms with Gasteiger partial charge < -0.3 is 14.7 Å². The minimum atomic E-state index is -0.262. The Bertz CT molecular complexity index is 785. The summed E-state index contributed by atoms with van der Waals surface area (Å²) in [5.74, 6) is 0.767. The molecule has 0 bridgehead atoms. The molecule has 1 aromatic carbocycles. The number of pyridine rings is 1. The maximum absolute atomic E-state index is 9.82. The maximum Gasteiger partial charge on any atom is 0.164 e. The summed E-state index contributed by atoms with van der Waals surface area (Å²) in [6.45, 7) is 5.32. The van der Waals surface area contributed by atoms with Crippen LogP contribution in [0.15, 0.2) is 36.4 Å². The van der Waals surface area contributed by atoms with Crippen molar-refractivity contribution in [2.45, 2.75) is 38.8 Å². The number of aliphatic hydroxyl groups is 1. The number of nitriles is 1. The van der Waals surface area contributed by atoms with E-state index in [9.17, 15) is 10.4 Å². The molecule has 1 saturated heterocycles. The average Bonchev–Trinajstić information content (AvgIpc) is 2.62. The summed E-state index contributed by atoms with van der Waals surface area (Å²) in [6.07, 6.45) is 1.16. The molecule has 0 unspecified atom stereocenters. The fourth-order valence-corrected chi connectivity index (χ4v) is 3.38. The summed E-state index contributed by atoms with van der Waals surface area (Å²) < 4.78 is 5.68. The minimum absolute atomic E-state index is 0.180. The normalized spacial score (nSPS) is 20.2. The zero-order chi connectivity index (χ0) is 17.8. The fourth-order valence-electron chi connectivity index (χ4n) is 3.38. The van der Waals surface area contributed by atoms with Crippen LogP contribution in [-0.4, -0.2) is 35.4 Å². The van der Waals surface area contributed by atoms with Gasteiger partial charge in [0.15, 0.2) is 5.69 Å². The Morgan fingerprint density at radius 2 is 2.12 bits per heavy atom. The number of aromatic nitrogens is 1. The van der Waals surface area contributed by atoms with Gasteiger partial charge in [-0.3, -0.25) is 0 Å². The minimum Gasteiger partial charge on any atom is -0.493 e. The van der Waals surface area contributed by atoms with Crippen LogP contribution < -0.4 is 9.64 Å². The molecule has 0 radical (unpaired) electrons. The molecule has 0 saturated carbocycles. The third kappa shape index (κ3) is 3.59. The van der Waals surface area contributed by atoms with Crippen LogP contribution in [-0.2, 0) is 0 Å². The van der Waals surface area contributed by atoms with Crippen molar-refractivity contribution in [3.8, 4) is 23.1 Å². The number of benzene rings is 1. The molecule has 1 fully saturated rings. The number of anilines is 1. The average molecular weight is 337 g/mol. The van der Waals surface area contributed by atoms with Crippen molar-refractivity contribution in [2.75, 3.05) is 18.1 Å². The molecule has 1 aliphatic rings. The van der Waals surface area contributed by atoms with Gasteiger partial charge >= 0.3 is 0 Å². The van der Waals surface area contributed by atoms with Crippen LogP contribution in [0, 0.1) is 11.3 Å². The van der Waals surface area contributed by atoms with Crippen LogP contribution in [0.2, 0.25) is 0 Å². The number of rotatable bonds is 4. The molecule has 3 rings (SSSR count). The smallest absolute Gasteiger partial charge is 0.164 e. The van der Waals surface area contributed by atoms with Gasteiger partial charge in [0.1, 0.15) is 11.8 Å². The van der Waals surface area contributed by atoms with Crippen molar-refractivity contribution in [1.82, 2.24) is 4.98 Å². The van der Waals surface area contributed by atoms with Crippen LogP contribution in [0.4, 0.5) is 5.69 Å². The topological polar surface area (TPSA) is 69.4 Å². The molecule has 2 heterocycles. The van der Waals surface area contributed by atoms with Gasteiger partial charge in [0, 0.05) is 18.2 Å². The van der Waals surface area contributed by atoms with E-state index in [2.05, 4.69) is 22.9 Å². The second-order valence-electron chi connectivity index (χ2n) is 6.33. The van der Waals surface area contributed by atoms with E-state index in [1.165, 1.54) is 0 Å². The number of hydrogen-bond donors (Lipinski definition) is 1. The molecule has 1 aliphatic heterocycles. The Morgan fingerprint density at radius 3 is 2.84 bits per heavy atom. The molecule has 5 nitrogen and oxygen atoms in total. The Kier molecular flexibility index (Phi) is 5.20. The number of nitrogens with zero attached hydrogens (tertiary/aromatic N) is 3. The van der Waals surface area contributed by atoms with Crippen molar-refractivity contribution < 1.29 is 9.84 Å². The second kappa shape index (κ2) is 7.54. The first-order valence-corrected chi connectivity index (χ1v) is 8.72. The molecule has 1 N–H and O–H groups in total. The number of ether oxygens (including phenoxy) is 1. The van der Waals surface area contributed by atoms with Crippen LogP contribution in [0.1, 0.15) is 32.4 Å². The zero-order valence-electron chi connectivity index (χ0n) is 14.6. The van der Waals surface area contributed by atoms with Crippen LogP contribution in [0.25, 0.3) is 11.3 Å². The third-order valence-corrected chi connectivity index (χ3v) is 4.60. The zero-order valence-corrected chi connectivity index (χ0v) is 14.6. The van der Waals surface area contributed by atoms with Gasteiger partial charge in [-0.15, -0.1) is 0 Å². The number of hydrogen-bond acceptors (Lipinski definition) is 5. The quantitative estimate of drug-likeness (QED) is 0.926. The molecule has 2 atom stereocenters. The maximum atomic E-state index is 9.82. The molecular weight excluding hydrogens is 314 g/mol. The number of piperidine rings is 1. The van der Waals surface area contributed by atoms with E-state index in [0.717, 1.165) is 29.2 Å². The van der Waals surface area contributed by atoms with E-state index >= 15 is 0 Å². The molecule has 0 amide bonds. The van der Waals surface area contributed by atoms with Gasteiger partial charge in [0.05, 0.1) is 24.1 Å². The largest absolute Gasteiger partial charge is 0.493 e. The van der Waals surface area contributed by atoms with Crippen molar-refractivity contribution in [2.24, 2.45) is 0 Å². The van der Waals surface area contributed by atoms with E-state index in [1.54, 1.807) is 0 Å². The lowest BCUT2D eigenvalue weighted by atomic mass is 9.99. The predicted molar refractivity (Wildman–Crippen MR) is 97.6 cm³/mol. The molecule has 0 aliphatic carbocycles. The summed E-state index contributed by atoms with van der Waals surface area (Å²) in [4.78, 5) is 6.75. The van der Waals surface area contributed by atoms with Gasteiger partial charge in [-0.2, -0.15) is 5.26 Å². The molecule has 0 spiro atoms. The highest BCUT2D eigenvalue weighted by Gasteiger charge is 2.26. The second-order valence-corrected chi connectivity index (χ2v) is 6.33. The van der Waals surface area contributed by atoms with E-state index in [-0.39, 0.29) is 12.1 Å². The fraction of sp³-hybridized carbons (Fsp3) is 0.400.